The molecule has 100 valence electrons. The molecule has 2 aromatic rings. The molecule has 0 aromatic heterocycles. The summed E-state index contributed by atoms with van der Waals surface area (Å²) < 4.78 is 0.708. The minimum absolute atomic E-state index is 0.0589. The van der Waals surface area contributed by atoms with Crippen molar-refractivity contribution < 1.29 is 9.59 Å². The molecule has 0 atom stereocenters. The number of amides is 2. The Morgan fingerprint density at radius 1 is 0.850 bits per heavy atom. The van der Waals surface area contributed by atoms with Crippen molar-refractivity contribution in [2.75, 3.05) is 0 Å². The topological polar surface area (TPSA) is 37.4 Å². The van der Waals surface area contributed by atoms with Crippen molar-refractivity contribution in [1.29, 1.82) is 0 Å². The first-order chi connectivity index (χ1) is 9.66. The summed E-state index contributed by atoms with van der Waals surface area (Å²) in [7, 11) is 0. The van der Waals surface area contributed by atoms with Gasteiger partial charge in [0.25, 0.3) is 5.91 Å². The third-order valence-electron chi connectivity index (χ3n) is 3.71. The van der Waals surface area contributed by atoms with Gasteiger partial charge in [0, 0.05) is 11.8 Å². The van der Waals surface area contributed by atoms with Crippen LogP contribution in [0.25, 0.3) is 0 Å². The predicted molar refractivity (Wildman–Crippen MR) is 76.0 cm³/mol. The molecule has 2 aromatic carbocycles. The van der Waals surface area contributed by atoms with Crippen LogP contribution in [0.3, 0.4) is 0 Å². The molecule has 0 unspecified atom stereocenters. The molecule has 3 rings (SSSR count). The van der Waals surface area contributed by atoms with Crippen LogP contribution >= 0.6 is 11.8 Å². The number of halogens is 1. The van der Waals surface area contributed by atoms with E-state index in [2.05, 4.69) is 0 Å². The highest BCUT2D eigenvalue weighted by molar-refractivity contribution is 6.34. The van der Waals surface area contributed by atoms with Gasteiger partial charge in [-0.3, -0.25) is 9.59 Å². The number of carbonyl (C=O) groups excluding carboxylic acids is 2. The van der Waals surface area contributed by atoms with E-state index in [0.717, 1.165) is 11.1 Å². The maximum atomic E-state index is 12.6. The molecule has 0 N–H and O–H groups in total. The van der Waals surface area contributed by atoms with Crippen LogP contribution in [0.1, 0.15) is 17.5 Å². The normalized spacial score (nSPS) is 17.6. The number of hydrogen-bond acceptors (Lipinski definition) is 2. The first-order valence-electron chi connectivity index (χ1n) is 6.30. The van der Waals surface area contributed by atoms with Gasteiger partial charge < -0.3 is 0 Å². The van der Waals surface area contributed by atoms with Crippen LogP contribution in [-0.4, -0.2) is 16.2 Å². The average molecular weight is 286 g/mol. The van der Waals surface area contributed by atoms with Gasteiger partial charge in [-0.25, -0.2) is 0 Å². The summed E-state index contributed by atoms with van der Waals surface area (Å²) in [6, 6.07) is 18.6. The third-order valence-corrected chi connectivity index (χ3v) is 4.05. The molecule has 2 amide bonds. The fourth-order valence-corrected chi connectivity index (χ4v) is 2.92. The van der Waals surface area contributed by atoms with Crippen molar-refractivity contribution in [1.82, 2.24) is 4.42 Å². The van der Waals surface area contributed by atoms with Crippen LogP contribution < -0.4 is 0 Å². The second-order valence-electron chi connectivity index (χ2n) is 4.79. The number of carbonyl (C=O) groups is 2. The van der Waals surface area contributed by atoms with E-state index in [1.807, 2.05) is 60.7 Å². The van der Waals surface area contributed by atoms with Crippen LogP contribution in [0.5, 0.6) is 0 Å². The third kappa shape index (κ3) is 1.74. The molecule has 0 radical (unpaired) electrons. The summed E-state index contributed by atoms with van der Waals surface area (Å²) in [5, 5.41) is 0. The van der Waals surface area contributed by atoms with Crippen molar-refractivity contribution in [3.05, 3.63) is 71.8 Å². The molecular weight excluding hydrogens is 274 g/mol. The SMILES string of the molecule is O=C1CC(c2ccccc2)(c2ccccc2)C(=O)N1Cl. The van der Waals surface area contributed by atoms with Crippen molar-refractivity contribution in [2.45, 2.75) is 11.8 Å². The van der Waals surface area contributed by atoms with Crippen molar-refractivity contribution >= 4 is 23.6 Å². The lowest BCUT2D eigenvalue weighted by molar-refractivity contribution is -0.133. The van der Waals surface area contributed by atoms with Gasteiger partial charge in [0.15, 0.2) is 0 Å². The molecule has 0 spiro atoms. The Morgan fingerprint density at radius 2 is 1.30 bits per heavy atom. The number of imide groups is 1. The molecule has 1 heterocycles. The van der Waals surface area contributed by atoms with Gasteiger partial charge in [-0.05, 0) is 11.1 Å². The largest absolute Gasteiger partial charge is 0.273 e. The van der Waals surface area contributed by atoms with E-state index in [4.69, 9.17) is 11.8 Å². The Kier molecular flexibility index (Phi) is 3.07. The van der Waals surface area contributed by atoms with Gasteiger partial charge in [0.1, 0.15) is 5.41 Å². The van der Waals surface area contributed by atoms with Crippen molar-refractivity contribution in [3.63, 3.8) is 0 Å². The summed E-state index contributed by atoms with van der Waals surface area (Å²) in [4.78, 5) is 24.5. The first kappa shape index (κ1) is 12.9. The summed E-state index contributed by atoms with van der Waals surface area (Å²) in [5.41, 5.74) is 0.557. The lowest BCUT2D eigenvalue weighted by Crippen LogP contribution is -2.36. The average Bonchev–Trinajstić information content (AvgIpc) is 2.74. The van der Waals surface area contributed by atoms with Gasteiger partial charge in [0.05, 0.1) is 6.42 Å². The van der Waals surface area contributed by atoms with Crippen molar-refractivity contribution in [2.24, 2.45) is 0 Å². The van der Waals surface area contributed by atoms with Gasteiger partial charge in [-0.2, -0.15) is 4.42 Å². The van der Waals surface area contributed by atoms with Crippen molar-refractivity contribution in [3.8, 4) is 0 Å². The van der Waals surface area contributed by atoms with E-state index in [9.17, 15) is 9.59 Å². The Balaban J connectivity index is 2.25. The van der Waals surface area contributed by atoms with E-state index < -0.39 is 5.41 Å². The first-order valence-corrected chi connectivity index (χ1v) is 6.64. The second kappa shape index (κ2) is 4.76. The fraction of sp³-hybridized carbons (Fsp3) is 0.125. The second-order valence-corrected chi connectivity index (χ2v) is 5.13. The van der Waals surface area contributed by atoms with Gasteiger partial charge in [-0.1, -0.05) is 60.7 Å². The van der Waals surface area contributed by atoms with Gasteiger partial charge in [-0.15, -0.1) is 0 Å². The highest BCUT2D eigenvalue weighted by atomic mass is 35.5. The highest BCUT2D eigenvalue weighted by Crippen LogP contribution is 2.43. The Hall–Kier alpha value is -2.13. The standard InChI is InChI=1S/C16H12ClNO2/c17-18-14(19)11-16(15(18)20,12-7-3-1-4-8-12)13-9-5-2-6-10-13/h1-10H,11H2. The monoisotopic (exact) mass is 285 g/mol. The summed E-state index contributed by atoms with van der Waals surface area (Å²) >= 11 is 5.83. The molecule has 1 aliphatic rings. The van der Waals surface area contributed by atoms with E-state index in [0.29, 0.717) is 4.42 Å². The molecule has 1 aliphatic heterocycles. The molecule has 0 bridgehead atoms. The zero-order valence-electron chi connectivity index (χ0n) is 10.6. The predicted octanol–water partition coefficient (Wildman–Crippen LogP) is 2.89. The van der Waals surface area contributed by atoms with E-state index in [-0.39, 0.29) is 18.2 Å². The fourth-order valence-electron chi connectivity index (χ4n) is 2.72. The Labute approximate surface area is 121 Å². The lowest BCUT2D eigenvalue weighted by Gasteiger charge is -2.26. The number of rotatable bonds is 2. The number of nitrogens with zero attached hydrogens (tertiary/aromatic N) is 1. The van der Waals surface area contributed by atoms with E-state index in [1.165, 1.54) is 0 Å². The minimum atomic E-state index is -1.01. The molecule has 0 saturated carbocycles. The zero-order chi connectivity index (χ0) is 14.2. The van der Waals surface area contributed by atoms with Crippen LogP contribution in [0.15, 0.2) is 60.7 Å². The molecule has 3 nitrogen and oxygen atoms in total. The smallest absolute Gasteiger partial charge is 0.259 e. The Morgan fingerprint density at radius 3 is 1.65 bits per heavy atom. The van der Waals surface area contributed by atoms with E-state index >= 15 is 0 Å². The quantitative estimate of drug-likeness (QED) is 0.628. The summed E-state index contributed by atoms with van der Waals surface area (Å²) in [6.45, 7) is 0. The maximum Gasteiger partial charge on any atom is 0.259 e. The van der Waals surface area contributed by atoms with E-state index in [1.54, 1.807) is 0 Å². The molecule has 1 fully saturated rings. The zero-order valence-corrected chi connectivity index (χ0v) is 11.4. The lowest BCUT2D eigenvalue weighted by atomic mass is 9.73. The van der Waals surface area contributed by atoms with Crippen LogP contribution in [0, 0.1) is 0 Å². The summed E-state index contributed by atoms with van der Waals surface area (Å²) in [5.74, 6) is -0.758. The van der Waals surface area contributed by atoms with Crippen LogP contribution in [-0.2, 0) is 15.0 Å². The Bertz CT molecular complexity index is 615. The van der Waals surface area contributed by atoms with Gasteiger partial charge in [0.2, 0.25) is 5.91 Å². The van der Waals surface area contributed by atoms with Crippen LogP contribution in [0.4, 0.5) is 0 Å². The molecule has 20 heavy (non-hydrogen) atoms. The maximum absolute atomic E-state index is 12.6. The number of benzene rings is 2. The molecule has 1 saturated heterocycles. The number of hydrogen-bond donors (Lipinski definition) is 0. The highest BCUT2D eigenvalue weighted by Gasteiger charge is 2.53. The van der Waals surface area contributed by atoms with Gasteiger partial charge >= 0.3 is 0 Å². The summed E-state index contributed by atoms with van der Waals surface area (Å²) in [6.07, 6.45) is 0.0589. The van der Waals surface area contributed by atoms with Crippen LogP contribution in [0.2, 0.25) is 0 Å². The molecule has 4 heteroatoms. The molecular formula is C16H12ClNO2. The minimum Gasteiger partial charge on any atom is -0.273 e. The molecule has 0 aliphatic carbocycles.